The van der Waals surface area contributed by atoms with Gasteiger partial charge in [-0.15, -0.1) is 0 Å². The Morgan fingerprint density at radius 1 is 1.19 bits per heavy atom. The summed E-state index contributed by atoms with van der Waals surface area (Å²) < 4.78 is 0. The van der Waals surface area contributed by atoms with Crippen LogP contribution in [0.25, 0.3) is 0 Å². The third kappa shape index (κ3) is 3.31. The molecule has 0 radical (unpaired) electrons. The summed E-state index contributed by atoms with van der Waals surface area (Å²) in [5.74, 6) is -1.42. The molecule has 1 aromatic carbocycles. The molecule has 1 aliphatic rings. The summed E-state index contributed by atoms with van der Waals surface area (Å²) in [4.78, 5) is 33.8. The first-order valence-corrected chi connectivity index (χ1v) is 6.61. The number of anilines is 1. The first-order chi connectivity index (χ1) is 9.93. The van der Waals surface area contributed by atoms with Gasteiger partial charge in [0.05, 0.1) is 5.41 Å². The smallest absolute Gasteiger partial charge is 0.319 e. The highest BCUT2D eigenvalue weighted by Crippen LogP contribution is 2.40. The first-order valence-electron chi connectivity index (χ1n) is 6.61. The summed E-state index contributed by atoms with van der Waals surface area (Å²) in [5.41, 5.74) is 5.13. The van der Waals surface area contributed by atoms with Crippen LogP contribution in [0.15, 0.2) is 24.3 Å². The van der Waals surface area contributed by atoms with Gasteiger partial charge in [-0.25, -0.2) is 4.79 Å². The second kappa shape index (κ2) is 5.82. The number of urea groups is 1. The largest absolute Gasteiger partial charge is 0.481 e. The number of hydrogen-bond donors (Lipinski definition) is 4. The van der Waals surface area contributed by atoms with Crippen molar-refractivity contribution in [1.82, 2.24) is 5.32 Å². The zero-order valence-electron chi connectivity index (χ0n) is 11.4. The monoisotopic (exact) mass is 291 g/mol. The molecule has 1 aliphatic carbocycles. The molecule has 1 fully saturated rings. The highest BCUT2D eigenvalue weighted by Gasteiger charge is 2.44. The fourth-order valence-corrected chi connectivity index (χ4v) is 2.21. The van der Waals surface area contributed by atoms with Gasteiger partial charge in [-0.3, -0.25) is 9.59 Å². The molecule has 112 valence electrons. The van der Waals surface area contributed by atoms with Gasteiger partial charge in [0.25, 0.3) is 0 Å². The van der Waals surface area contributed by atoms with Gasteiger partial charge in [0, 0.05) is 17.8 Å². The number of amides is 3. The van der Waals surface area contributed by atoms with E-state index in [2.05, 4.69) is 10.6 Å². The number of nitrogens with two attached hydrogens (primary N) is 1. The van der Waals surface area contributed by atoms with E-state index in [4.69, 9.17) is 10.8 Å². The van der Waals surface area contributed by atoms with Crippen LogP contribution >= 0.6 is 0 Å². The maximum atomic E-state index is 11.7. The Morgan fingerprint density at radius 2 is 1.81 bits per heavy atom. The van der Waals surface area contributed by atoms with E-state index in [9.17, 15) is 14.4 Å². The van der Waals surface area contributed by atoms with Crippen LogP contribution in [0.1, 0.15) is 29.6 Å². The zero-order chi connectivity index (χ0) is 15.5. The van der Waals surface area contributed by atoms with Crippen LogP contribution in [0.2, 0.25) is 0 Å². The maximum absolute atomic E-state index is 11.7. The number of carbonyl (C=O) groups is 3. The SMILES string of the molecule is NC(=O)c1ccc(NC(=O)NCC2(C(=O)O)CCC2)cc1. The van der Waals surface area contributed by atoms with Crippen LogP contribution in [0.4, 0.5) is 10.5 Å². The highest BCUT2D eigenvalue weighted by atomic mass is 16.4. The van der Waals surface area contributed by atoms with Crippen molar-refractivity contribution in [2.45, 2.75) is 19.3 Å². The minimum absolute atomic E-state index is 0.105. The minimum atomic E-state index is -0.875. The lowest BCUT2D eigenvalue weighted by molar-refractivity contribution is -0.153. The van der Waals surface area contributed by atoms with E-state index in [1.807, 2.05) is 0 Å². The molecule has 0 saturated heterocycles. The van der Waals surface area contributed by atoms with Crippen molar-refractivity contribution in [3.63, 3.8) is 0 Å². The molecule has 0 bridgehead atoms. The van der Waals surface area contributed by atoms with Gasteiger partial charge in [-0.1, -0.05) is 6.42 Å². The Balaban J connectivity index is 1.87. The van der Waals surface area contributed by atoms with Crippen molar-refractivity contribution in [3.8, 4) is 0 Å². The normalized spacial score (nSPS) is 15.6. The van der Waals surface area contributed by atoms with Crippen molar-refractivity contribution < 1.29 is 19.5 Å². The lowest BCUT2D eigenvalue weighted by Crippen LogP contribution is -2.48. The van der Waals surface area contributed by atoms with Crippen LogP contribution in [0.3, 0.4) is 0 Å². The van der Waals surface area contributed by atoms with Gasteiger partial charge in [0.15, 0.2) is 0 Å². The fraction of sp³-hybridized carbons (Fsp3) is 0.357. The lowest BCUT2D eigenvalue weighted by Gasteiger charge is -2.37. The van der Waals surface area contributed by atoms with Crippen molar-refractivity contribution in [2.75, 3.05) is 11.9 Å². The first kappa shape index (κ1) is 14.8. The standard InChI is InChI=1S/C14H17N3O4/c15-11(18)9-2-4-10(5-3-9)17-13(21)16-8-14(12(19)20)6-1-7-14/h2-5H,1,6-8H2,(H2,15,18)(H,19,20)(H2,16,17,21). The van der Waals surface area contributed by atoms with Crippen LogP contribution in [0, 0.1) is 5.41 Å². The molecule has 0 atom stereocenters. The summed E-state index contributed by atoms with van der Waals surface area (Å²) >= 11 is 0. The average Bonchev–Trinajstić information content (AvgIpc) is 2.37. The average molecular weight is 291 g/mol. The molecule has 0 unspecified atom stereocenters. The molecular formula is C14H17N3O4. The van der Waals surface area contributed by atoms with Gasteiger partial charge < -0.3 is 21.5 Å². The Kier molecular flexibility index (Phi) is 4.11. The molecule has 3 amide bonds. The Morgan fingerprint density at radius 3 is 2.24 bits per heavy atom. The van der Waals surface area contributed by atoms with Crippen LogP contribution in [0.5, 0.6) is 0 Å². The zero-order valence-corrected chi connectivity index (χ0v) is 11.4. The van der Waals surface area contributed by atoms with Crippen molar-refractivity contribution in [2.24, 2.45) is 11.1 Å². The van der Waals surface area contributed by atoms with Gasteiger partial charge in [0.2, 0.25) is 5.91 Å². The van der Waals surface area contributed by atoms with Crippen molar-refractivity contribution in [1.29, 1.82) is 0 Å². The van der Waals surface area contributed by atoms with Gasteiger partial charge in [-0.05, 0) is 37.1 Å². The lowest BCUT2D eigenvalue weighted by atomic mass is 9.69. The Hall–Kier alpha value is -2.57. The number of carboxylic acids is 1. The van der Waals surface area contributed by atoms with E-state index in [0.717, 1.165) is 6.42 Å². The minimum Gasteiger partial charge on any atom is -0.481 e. The summed E-state index contributed by atoms with van der Waals surface area (Å²) in [6.45, 7) is 0.105. The van der Waals surface area contributed by atoms with E-state index in [1.165, 1.54) is 12.1 Å². The van der Waals surface area contributed by atoms with E-state index < -0.39 is 23.3 Å². The fourth-order valence-electron chi connectivity index (χ4n) is 2.21. The predicted octanol–water partition coefficient (Wildman–Crippen LogP) is 1.16. The predicted molar refractivity (Wildman–Crippen MR) is 75.9 cm³/mol. The van der Waals surface area contributed by atoms with E-state index in [1.54, 1.807) is 12.1 Å². The molecule has 0 spiro atoms. The Bertz CT molecular complexity index is 564. The molecule has 0 aromatic heterocycles. The molecule has 2 rings (SSSR count). The highest BCUT2D eigenvalue weighted by molar-refractivity contribution is 5.94. The number of hydrogen-bond acceptors (Lipinski definition) is 3. The van der Waals surface area contributed by atoms with E-state index in [0.29, 0.717) is 24.1 Å². The van der Waals surface area contributed by atoms with E-state index >= 15 is 0 Å². The molecular weight excluding hydrogens is 274 g/mol. The third-order valence-corrected chi connectivity index (χ3v) is 3.78. The molecule has 0 heterocycles. The number of benzene rings is 1. The molecule has 7 heteroatoms. The van der Waals surface area contributed by atoms with Crippen molar-refractivity contribution in [3.05, 3.63) is 29.8 Å². The topological polar surface area (TPSA) is 122 Å². The second-order valence-electron chi connectivity index (χ2n) is 5.19. The molecule has 0 aliphatic heterocycles. The Labute approximate surface area is 121 Å². The number of carboxylic acid groups (broad SMARTS) is 1. The maximum Gasteiger partial charge on any atom is 0.319 e. The molecule has 1 saturated carbocycles. The number of primary amides is 1. The third-order valence-electron chi connectivity index (χ3n) is 3.78. The molecule has 21 heavy (non-hydrogen) atoms. The van der Waals surface area contributed by atoms with Gasteiger partial charge in [0.1, 0.15) is 0 Å². The number of nitrogens with one attached hydrogen (secondary N) is 2. The van der Waals surface area contributed by atoms with Crippen LogP contribution < -0.4 is 16.4 Å². The molecule has 7 nitrogen and oxygen atoms in total. The summed E-state index contributed by atoms with van der Waals surface area (Å²) in [5, 5.41) is 14.3. The number of aliphatic carboxylic acids is 1. The molecule has 1 aromatic rings. The van der Waals surface area contributed by atoms with Crippen LogP contribution in [-0.2, 0) is 4.79 Å². The number of carbonyl (C=O) groups excluding carboxylic acids is 2. The molecule has 5 N–H and O–H groups in total. The second-order valence-corrected chi connectivity index (χ2v) is 5.19. The summed E-state index contributed by atoms with van der Waals surface area (Å²) in [6.07, 6.45) is 2.02. The van der Waals surface area contributed by atoms with E-state index in [-0.39, 0.29) is 6.54 Å². The summed E-state index contributed by atoms with van der Waals surface area (Å²) in [7, 11) is 0. The number of rotatable bonds is 5. The quantitative estimate of drug-likeness (QED) is 0.650. The van der Waals surface area contributed by atoms with Gasteiger partial charge >= 0.3 is 12.0 Å². The van der Waals surface area contributed by atoms with Crippen molar-refractivity contribution >= 4 is 23.6 Å². The summed E-state index contributed by atoms with van der Waals surface area (Å²) in [6, 6.07) is 5.63. The van der Waals surface area contributed by atoms with Crippen LogP contribution in [-0.4, -0.2) is 29.6 Å². The van der Waals surface area contributed by atoms with Gasteiger partial charge in [-0.2, -0.15) is 0 Å².